The molecule has 0 saturated carbocycles. The zero-order chi connectivity index (χ0) is 33.7. The molecule has 8 aromatic carbocycles. The van der Waals surface area contributed by atoms with Crippen molar-refractivity contribution in [2.75, 3.05) is 4.90 Å². The molecule has 0 N–H and O–H groups in total. The molecule has 0 aliphatic heterocycles. The van der Waals surface area contributed by atoms with E-state index in [0.717, 1.165) is 11.4 Å². The van der Waals surface area contributed by atoms with Crippen molar-refractivity contribution in [1.29, 1.82) is 0 Å². The molecular formula is C49H37N. The molecule has 1 nitrogen and oxygen atoms in total. The molecule has 1 heteroatoms. The van der Waals surface area contributed by atoms with Crippen LogP contribution in [0.2, 0.25) is 0 Å². The van der Waals surface area contributed by atoms with Gasteiger partial charge in [-0.25, -0.2) is 0 Å². The number of anilines is 3. The minimum Gasteiger partial charge on any atom is -0.310 e. The number of fused-ring (bicyclic) bond motifs is 4. The smallest absolute Gasteiger partial charge is 0.0508 e. The Morgan fingerprint density at radius 3 is 1.80 bits per heavy atom. The van der Waals surface area contributed by atoms with Crippen LogP contribution >= 0.6 is 0 Å². The maximum Gasteiger partial charge on any atom is 0.0508 e. The van der Waals surface area contributed by atoms with Gasteiger partial charge in [-0.15, -0.1) is 0 Å². The van der Waals surface area contributed by atoms with Gasteiger partial charge in [0.05, 0.1) is 5.69 Å². The third kappa shape index (κ3) is 5.02. The second-order valence-corrected chi connectivity index (χ2v) is 13.8. The number of nitrogens with zero attached hydrogens (tertiary/aromatic N) is 1. The molecule has 0 unspecified atom stereocenters. The summed E-state index contributed by atoms with van der Waals surface area (Å²) in [5, 5.41) is 2.51. The van der Waals surface area contributed by atoms with Crippen molar-refractivity contribution in [3.05, 3.63) is 199 Å². The minimum absolute atomic E-state index is 0.161. The first-order valence-corrected chi connectivity index (χ1v) is 17.4. The molecule has 0 amide bonds. The molecule has 50 heavy (non-hydrogen) atoms. The summed E-state index contributed by atoms with van der Waals surface area (Å²) in [6.45, 7) is 4.74. The van der Waals surface area contributed by atoms with Crippen molar-refractivity contribution < 1.29 is 0 Å². The molecule has 0 spiro atoms. The van der Waals surface area contributed by atoms with Crippen molar-refractivity contribution in [1.82, 2.24) is 0 Å². The van der Waals surface area contributed by atoms with Crippen LogP contribution in [0.4, 0.5) is 17.1 Å². The van der Waals surface area contributed by atoms with Gasteiger partial charge in [0.15, 0.2) is 0 Å². The maximum absolute atomic E-state index is 2.46. The van der Waals surface area contributed by atoms with Crippen LogP contribution in [0, 0.1) is 0 Å². The summed E-state index contributed by atoms with van der Waals surface area (Å²) in [5.41, 5.74) is 16.0. The van der Waals surface area contributed by atoms with Gasteiger partial charge >= 0.3 is 0 Å². The van der Waals surface area contributed by atoms with Gasteiger partial charge in [0.2, 0.25) is 0 Å². The molecule has 0 bridgehead atoms. The van der Waals surface area contributed by atoms with Gasteiger partial charge in [-0.2, -0.15) is 0 Å². The average molecular weight is 640 g/mol. The Kier molecular flexibility index (Phi) is 7.21. The fraction of sp³-hybridized carbons (Fsp3) is 0.0612. The van der Waals surface area contributed by atoms with E-state index in [-0.39, 0.29) is 5.41 Å². The number of rotatable bonds is 6. The third-order valence-electron chi connectivity index (χ3n) is 10.4. The fourth-order valence-corrected chi connectivity index (χ4v) is 8.03. The Morgan fingerprint density at radius 2 is 0.960 bits per heavy atom. The summed E-state index contributed by atoms with van der Waals surface area (Å²) >= 11 is 0. The van der Waals surface area contributed by atoms with E-state index in [4.69, 9.17) is 0 Å². The Bertz CT molecular complexity index is 2500. The summed E-state index contributed by atoms with van der Waals surface area (Å²) < 4.78 is 0. The van der Waals surface area contributed by atoms with Crippen molar-refractivity contribution in [3.63, 3.8) is 0 Å². The molecule has 0 aromatic heterocycles. The lowest BCUT2D eigenvalue weighted by Gasteiger charge is -2.32. The molecule has 1 aliphatic rings. The molecule has 0 saturated heterocycles. The summed E-state index contributed by atoms with van der Waals surface area (Å²) in [6.07, 6.45) is 0. The monoisotopic (exact) mass is 639 g/mol. The summed E-state index contributed by atoms with van der Waals surface area (Å²) in [4.78, 5) is 2.46. The molecule has 0 atom stereocenters. The Morgan fingerprint density at radius 1 is 0.380 bits per heavy atom. The fourth-order valence-electron chi connectivity index (χ4n) is 8.03. The topological polar surface area (TPSA) is 3.24 Å². The highest BCUT2D eigenvalue weighted by Gasteiger charge is 2.38. The van der Waals surface area contributed by atoms with E-state index in [2.05, 4.69) is 207 Å². The highest BCUT2D eigenvalue weighted by molar-refractivity contribution is 5.98. The van der Waals surface area contributed by atoms with Gasteiger partial charge in [0.1, 0.15) is 0 Å². The van der Waals surface area contributed by atoms with Crippen LogP contribution in [0.3, 0.4) is 0 Å². The van der Waals surface area contributed by atoms with Crippen LogP contribution in [-0.4, -0.2) is 0 Å². The van der Waals surface area contributed by atoms with Crippen LogP contribution < -0.4 is 4.90 Å². The molecule has 1 aliphatic carbocycles. The number of hydrogen-bond donors (Lipinski definition) is 0. The highest BCUT2D eigenvalue weighted by Crippen LogP contribution is 2.54. The van der Waals surface area contributed by atoms with Crippen LogP contribution in [0.5, 0.6) is 0 Å². The molecular weight excluding hydrogens is 603 g/mol. The van der Waals surface area contributed by atoms with Crippen LogP contribution in [-0.2, 0) is 5.41 Å². The second kappa shape index (κ2) is 12.1. The lowest BCUT2D eigenvalue weighted by Crippen LogP contribution is -2.20. The highest BCUT2D eigenvalue weighted by atomic mass is 15.1. The zero-order valence-corrected chi connectivity index (χ0v) is 28.3. The zero-order valence-electron chi connectivity index (χ0n) is 28.3. The molecule has 0 fully saturated rings. The number of benzene rings is 8. The van der Waals surface area contributed by atoms with E-state index in [1.807, 2.05) is 0 Å². The summed E-state index contributed by atoms with van der Waals surface area (Å²) in [6, 6.07) is 68.6. The van der Waals surface area contributed by atoms with E-state index in [9.17, 15) is 0 Å². The van der Waals surface area contributed by atoms with Crippen molar-refractivity contribution in [3.8, 4) is 44.5 Å². The van der Waals surface area contributed by atoms with Crippen molar-refractivity contribution in [2.45, 2.75) is 19.3 Å². The quantitative estimate of drug-likeness (QED) is 0.175. The van der Waals surface area contributed by atoms with E-state index in [0.29, 0.717) is 0 Å². The van der Waals surface area contributed by atoms with Gasteiger partial charge in [0.25, 0.3) is 0 Å². The third-order valence-corrected chi connectivity index (χ3v) is 10.4. The normalized spacial score (nSPS) is 12.8. The van der Waals surface area contributed by atoms with Crippen LogP contribution in [0.25, 0.3) is 55.3 Å². The first-order chi connectivity index (χ1) is 24.6. The molecule has 238 valence electrons. The van der Waals surface area contributed by atoms with Crippen LogP contribution in [0.15, 0.2) is 188 Å². The lowest BCUT2D eigenvalue weighted by molar-refractivity contribution is 0.661. The van der Waals surface area contributed by atoms with E-state index in [1.165, 1.54) is 72.1 Å². The predicted molar refractivity (Wildman–Crippen MR) is 213 cm³/mol. The molecule has 9 rings (SSSR count). The van der Waals surface area contributed by atoms with Crippen LogP contribution in [0.1, 0.15) is 25.0 Å². The van der Waals surface area contributed by atoms with E-state index in [1.54, 1.807) is 0 Å². The van der Waals surface area contributed by atoms with E-state index < -0.39 is 0 Å². The standard InChI is InChI=1S/C49H37N/c1-49(2)46-26-9-8-23-44(46)45-25-13-27-47(48(45)49)50(41-21-11-20-39(33-41)43-24-12-17-36-16-6-7-22-42(36)43)40-30-28-35(29-31-40)38-19-10-18-37(32-38)34-14-4-3-5-15-34/h3-33H,1-2H3. The Hall–Kier alpha value is -6.18. The Labute approximate surface area is 294 Å². The molecule has 0 radical (unpaired) electrons. The molecule has 8 aromatic rings. The number of hydrogen-bond acceptors (Lipinski definition) is 1. The SMILES string of the molecule is CC1(C)c2ccccc2-c2cccc(N(c3ccc(-c4cccc(-c5ccccc5)c4)cc3)c3cccc(-c4cccc5ccccc45)c3)c21. The molecule has 0 heterocycles. The largest absolute Gasteiger partial charge is 0.310 e. The average Bonchev–Trinajstić information content (AvgIpc) is 3.42. The lowest BCUT2D eigenvalue weighted by atomic mass is 9.81. The summed E-state index contributed by atoms with van der Waals surface area (Å²) in [5.74, 6) is 0. The van der Waals surface area contributed by atoms with Gasteiger partial charge in [-0.1, -0.05) is 166 Å². The Balaban J connectivity index is 1.20. The minimum atomic E-state index is -0.161. The van der Waals surface area contributed by atoms with Crippen molar-refractivity contribution >= 4 is 27.8 Å². The summed E-state index contributed by atoms with van der Waals surface area (Å²) in [7, 11) is 0. The maximum atomic E-state index is 2.46. The van der Waals surface area contributed by atoms with Gasteiger partial charge in [0, 0.05) is 16.8 Å². The van der Waals surface area contributed by atoms with Gasteiger partial charge in [-0.05, 0) is 103 Å². The van der Waals surface area contributed by atoms with Crippen molar-refractivity contribution in [2.24, 2.45) is 0 Å². The first-order valence-electron chi connectivity index (χ1n) is 17.4. The van der Waals surface area contributed by atoms with E-state index >= 15 is 0 Å². The second-order valence-electron chi connectivity index (χ2n) is 13.8. The van der Waals surface area contributed by atoms with Gasteiger partial charge in [-0.3, -0.25) is 0 Å². The predicted octanol–water partition coefficient (Wildman–Crippen LogP) is 13.6. The van der Waals surface area contributed by atoms with Gasteiger partial charge < -0.3 is 4.90 Å². The first kappa shape index (κ1) is 29.9.